The maximum atomic E-state index is 12.3. The molecule has 3 heterocycles. The van der Waals surface area contributed by atoms with Gasteiger partial charge in [0, 0.05) is 25.1 Å². The van der Waals surface area contributed by atoms with Gasteiger partial charge >= 0.3 is 5.97 Å². The number of carbonyl (C=O) groups is 1. The molecule has 2 saturated heterocycles. The molecule has 0 radical (unpaired) electrons. The van der Waals surface area contributed by atoms with E-state index in [4.69, 9.17) is 9.72 Å². The summed E-state index contributed by atoms with van der Waals surface area (Å²) in [4.78, 5) is 23.9. The predicted octanol–water partition coefficient (Wildman–Crippen LogP) is 2.89. The number of aromatic nitrogens is 2. The second kappa shape index (κ2) is 7.68. The maximum absolute atomic E-state index is 12.3. The first-order chi connectivity index (χ1) is 11.9. The predicted molar refractivity (Wildman–Crippen MR) is 98.0 cm³/mol. The van der Waals surface area contributed by atoms with Crippen molar-refractivity contribution in [3.63, 3.8) is 0 Å². The van der Waals surface area contributed by atoms with Gasteiger partial charge in [-0.2, -0.15) is 4.98 Å². The Bertz CT molecular complexity index is 564. The molecule has 6 nitrogen and oxygen atoms in total. The summed E-state index contributed by atoms with van der Waals surface area (Å²) in [6, 6.07) is 1.87. The molecule has 0 amide bonds. The molecule has 6 heteroatoms. The number of hydrogen-bond donors (Lipinski definition) is 1. The van der Waals surface area contributed by atoms with Crippen LogP contribution < -0.4 is 15.0 Å². The number of ether oxygens (including phenoxy) is 1. The van der Waals surface area contributed by atoms with Crippen LogP contribution in [0, 0.1) is 5.41 Å². The lowest BCUT2D eigenvalue weighted by molar-refractivity contribution is -0.143. The third-order valence-electron chi connectivity index (χ3n) is 4.92. The number of piperidine rings is 2. The van der Waals surface area contributed by atoms with Gasteiger partial charge in [0.05, 0.1) is 11.1 Å². The van der Waals surface area contributed by atoms with E-state index >= 15 is 0 Å². The van der Waals surface area contributed by atoms with Gasteiger partial charge in [-0.25, -0.2) is 4.98 Å². The van der Waals surface area contributed by atoms with Crippen molar-refractivity contribution in [1.82, 2.24) is 15.3 Å². The van der Waals surface area contributed by atoms with Crippen molar-refractivity contribution in [3.05, 3.63) is 11.8 Å². The summed E-state index contributed by atoms with van der Waals surface area (Å²) in [5, 5.41) is 3.39. The van der Waals surface area contributed by atoms with E-state index in [1.807, 2.05) is 26.8 Å². The van der Waals surface area contributed by atoms with Crippen molar-refractivity contribution in [1.29, 1.82) is 0 Å². The molecule has 2 aliphatic heterocycles. The lowest BCUT2D eigenvalue weighted by Gasteiger charge is -2.29. The number of anilines is 1. The van der Waals surface area contributed by atoms with E-state index in [9.17, 15) is 4.79 Å². The topological polar surface area (TPSA) is 67.3 Å². The molecule has 3 rings (SSSR count). The third-order valence-corrected chi connectivity index (χ3v) is 4.92. The number of nitrogens with zero attached hydrogens (tertiary/aromatic N) is 3. The van der Waals surface area contributed by atoms with Gasteiger partial charge in [-0.3, -0.25) is 4.79 Å². The number of carbonyl (C=O) groups excluding carboxylic acids is 1. The van der Waals surface area contributed by atoms with E-state index in [-0.39, 0.29) is 5.97 Å². The van der Waals surface area contributed by atoms with Gasteiger partial charge in [-0.1, -0.05) is 0 Å². The molecular weight excluding hydrogens is 316 g/mol. The minimum Gasteiger partial charge on any atom is -0.407 e. The van der Waals surface area contributed by atoms with Crippen LogP contribution in [0.2, 0.25) is 0 Å². The highest BCUT2D eigenvalue weighted by molar-refractivity contribution is 5.77. The van der Waals surface area contributed by atoms with E-state index in [2.05, 4.69) is 15.2 Å². The Hall–Kier alpha value is -1.69. The average molecular weight is 346 g/mol. The van der Waals surface area contributed by atoms with E-state index < -0.39 is 5.41 Å². The summed E-state index contributed by atoms with van der Waals surface area (Å²) in [7, 11) is 0. The summed E-state index contributed by atoms with van der Waals surface area (Å²) in [6.45, 7) is 9.53. The largest absolute Gasteiger partial charge is 0.407 e. The van der Waals surface area contributed by atoms with Crippen LogP contribution >= 0.6 is 0 Å². The van der Waals surface area contributed by atoms with Crippen molar-refractivity contribution < 1.29 is 9.53 Å². The number of hydrogen-bond acceptors (Lipinski definition) is 6. The number of nitrogens with one attached hydrogen (secondary N) is 1. The molecule has 0 spiro atoms. The summed E-state index contributed by atoms with van der Waals surface area (Å²) in [6.07, 6.45) is 5.71. The van der Waals surface area contributed by atoms with Crippen LogP contribution in [0.5, 0.6) is 5.88 Å². The molecule has 0 bridgehead atoms. The minimum absolute atomic E-state index is 0.257. The first kappa shape index (κ1) is 18.1. The van der Waals surface area contributed by atoms with Gasteiger partial charge in [-0.15, -0.1) is 0 Å². The normalized spacial score (nSPS) is 19.7. The third kappa shape index (κ3) is 4.69. The molecule has 138 valence electrons. The van der Waals surface area contributed by atoms with E-state index in [1.54, 1.807) is 0 Å². The molecule has 0 aromatic carbocycles. The molecule has 2 aliphatic rings. The molecule has 0 aliphatic carbocycles. The van der Waals surface area contributed by atoms with Crippen molar-refractivity contribution in [2.45, 2.75) is 58.8 Å². The summed E-state index contributed by atoms with van der Waals surface area (Å²) >= 11 is 0. The van der Waals surface area contributed by atoms with Gasteiger partial charge in [-0.05, 0) is 66.0 Å². The van der Waals surface area contributed by atoms with Crippen LogP contribution in [0.1, 0.15) is 64.5 Å². The summed E-state index contributed by atoms with van der Waals surface area (Å²) in [5.74, 6) is 1.25. The molecule has 1 aromatic heterocycles. The first-order valence-electron chi connectivity index (χ1n) is 9.50. The summed E-state index contributed by atoms with van der Waals surface area (Å²) in [5.41, 5.74) is 0.458. The Morgan fingerprint density at radius 2 is 1.84 bits per heavy atom. The Morgan fingerprint density at radius 1 is 1.16 bits per heavy atom. The average Bonchev–Trinajstić information content (AvgIpc) is 2.62. The lowest BCUT2D eigenvalue weighted by atomic mass is 9.94. The molecule has 0 atom stereocenters. The zero-order valence-corrected chi connectivity index (χ0v) is 15.7. The SMILES string of the molecule is CC(C)(C)C(=O)Oc1cc(C2CCNCC2)nc(N2CCCCC2)n1. The van der Waals surface area contributed by atoms with E-state index in [1.165, 1.54) is 6.42 Å². The molecule has 2 fully saturated rings. The molecular formula is C19H30N4O2. The summed E-state index contributed by atoms with van der Waals surface area (Å²) < 4.78 is 5.61. The maximum Gasteiger partial charge on any atom is 0.317 e. The van der Waals surface area contributed by atoms with Gasteiger partial charge < -0.3 is 15.0 Å². The van der Waals surface area contributed by atoms with Gasteiger partial charge in [0.1, 0.15) is 0 Å². The van der Waals surface area contributed by atoms with Crippen LogP contribution in [-0.2, 0) is 4.79 Å². The zero-order chi connectivity index (χ0) is 17.9. The minimum atomic E-state index is -0.550. The number of rotatable bonds is 3. The quantitative estimate of drug-likeness (QED) is 0.849. The fourth-order valence-electron chi connectivity index (χ4n) is 3.29. The van der Waals surface area contributed by atoms with Crippen molar-refractivity contribution >= 4 is 11.9 Å². The van der Waals surface area contributed by atoms with Crippen molar-refractivity contribution in [2.24, 2.45) is 5.41 Å². The fourth-order valence-corrected chi connectivity index (χ4v) is 3.29. The standard InChI is InChI=1S/C19H30N4O2/c1-19(2,3)17(24)25-16-13-15(14-7-9-20-10-8-14)21-18(22-16)23-11-5-4-6-12-23/h13-14,20H,4-12H2,1-3H3. The van der Waals surface area contributed by atoms with E-state index in [0.29, 0.717) is 17.7 Å². The Kier molecular flexibility index (Phi) is 5.57. The highest BCUT2D eigenvalue weighted by Crippen LogP contribution is 2.29. The van der Waals surface area contributed by atoms with Crippen molar-refractivity contribution in [3.8, 4) is 5.88 Å². The molecule has 1 N–H and O–H groups in total. The first-order valence-corrected chi connectivity index (χ1v) is 9.50. The smallest absolute Gasteiger partial charge is 0.317 e. The highest BCUT2D eigenvalue weighted by Gasteiger charge is 2.26. The van der Waals surface area contributed by atoms with Crippen LogP contribution in [0.15, 0.2) is 6.07 Å². The second-order valence-corrected chi connectivity index (χ2v) is 8.14. The molecule has 25 heavy (non-hydrogen) atoms. The van der Waals surface area contributed by atoms with Crippen LogP contribution in [0.25, 0.3) is 0 Å². The molecule has 0 saturated carbocycles. The highest BCUT2D eigenvalue weighted by atomic mass is 16.5. The molecule has 1 aromatic rings. The second-order valence-electron chi connectivity index (χ2n) is 8.14. The van der Waals surface area contributed by atoms with Gasteiger partial charge in [0.2, 0.25) is 11.8 Å². The van der Waals surface area contributed by atoms with E-state index in [0.717, 1.165) is 57.6 Å². The monoisotopic (exact) mass is 346 g/mol. The zero-order valence-electron chi connectivity index (χ0n) is 15.7. The van der Waals surface area contributed by atoms with Gasteiger partial charge in [0.15, 0.2) is 0 Å². The van der Waals surface area contributed by atoms with Crippen LogP contribution in [-0.4, -0.2) is 42.1 Å². The van der Waals surface area contributed by atoms with Crippen LogP contribution in [0.4, 0.5) is 5.95 Å². The van der Waals surface area contributed by atoms with Crippen molar-refractivity contribution in [2.75, 3.05) is 31.1 Å². The number of esters is 1. The Morgan fingerprint density at radius 3 is 2.48 bits per heavy atom. The Balaban J connectivity index is 1.88. The lowest BCUT2D eigenvalue weighted by Crippen LogP contribution is -2.32. The fraction of sp³-hybridized carbons (Fsp3) is 0.737. The Labute approximate surface area is 150 Å². The van der Waals surface area contributed by atoms with Gasteiger partial charge in [0.25, 0.3) is 0 Å². The molecule has 0 unspecified atom stereocenters. The van der Waals surface area contributed by atoms with Crippen LogP contribution in [0.3, 0.4) is 0 Å².